The average Bonchev–Trinajstić information content (AvgIpc) is 3.55. The van der Waals surface area contributed by atoms with E-state index >= 15 is 0 Å². The minimum absolute atomic E-state index is 0.0880. The molecule has 1 fully saturated rings. The third kappa shape index (κ3) is 5.53. The molecule has 7 nitrogen and oxygen atoms in total. The Bertz CT molecular complexity index is 964. The zero-order valence-electron chi connectivity index (χ0n) is 17.0. The number of hydrogen-bond donors (Lipinski definition) is 1. The van der Waals surface area contributed by atoms with Crippen molar-refractivity contribution in [3.8, 4) is 0 Å². The fraction of sp³-hybridized carbons (Fsp3) is 0.304. The molecule has 2 amide bonds. The number of aryl methyl sites for hydroxylation is 1. The fourth-order valence-electron chi connectivity index (χ4n) is 2.84. The van der Waals surface area contributed by atoms with Crippen molar-refractivity contribution in [1.82, 2.24) is 10.2 Å². The highest BCUT2D eigenvalue weighted by atomic mass is 16.5. The predicted octanol–water partition coefficient (Wildman–Crippen LogP) is 2.12. The molecule has 0 unspecified atom stereocenters. The van der Waals surface area contributed by atoms with E-state index in [4.69, 9.17) is 4.74 Å². The quantitative estimate of drug-likeness (QED) is 0.534. The van der Waals surface area contributed by atoms with Gasteiger partial charge in [0, 0.05) is 24.2 Å². The van der Waals surface area contributed by atoms with Crippen LogP contribution in [0, 0.1) is 6.92 Å². The molecule has 1 N–H and O–H groups in total. The molecular weight excluding hydrogens is 384 g/mol. The van der Waals surface area contributed by atoms with Gasteiger partial charge in [0.25, 0.3) is 5.91 Å². The number of amides is 2. The highest BCUT2D eigenvalue weighted by Crippen LogP contribution is 2.18. The van der Waals surface area contributed by atoms with Crippen LogP contribution in [0.5, 0.6) is 0 Å². The lowest BCUT2D eigenvalue weighted by Crippen LogP contribution is -2.40. The second kappa shape index (κ2) is 9.35. The monoisotopic (exact) mass is 408 g/mol. The molecule has 0 saturated heterocycles. The van der Waals surface area contributed by atoms with Crippen LogP contribution in [-0.4, -0.2) is 54.7 Å². The van der Waals surface area contributed by atoms with Gasteiger partial charge in [-0.25, -0.2) is 4.79 Å². The van der Waals surface area contributed by atoms with E-state index in [0.717, 1.165) is 18.4 Å². The van der Waals surface area contributed by atoms with Gasteiger partial charge in [-0.2, -0.15) is 0 Å². The predicted molar refractivity (Wildman–Crippen MR) is 110 cm³/mol. The number of rotatable bonds is 8. The van der Waals surface area contributed by atoms with Gasteiger partial charge in [-0.05, 0) is 25.8 Å². The van der Waals surface area contributed by atoms with Gasteiger partial charge in [0.05, 0.1) is 12.1 Å². The Labute approximate surface area is 175 Å². The SMILES string of the molecule is Cc1ccc(C(=O)c2ccccc2C(=O)OCC(=O)N(C)CC(=O)NC2CC2)cc1. The van der Waals surface area contributed by atoms with Gasteiger partial charge in [-0.1, -0.05) is 48.0 Å². The van der Waals surface area contributed by atoms with E-state index in [1.807, 2.05) is 19.1 Å². The van der Waals surface area contributed by atoms with Crippen molar-refractivity contribution < 1.29 is 23.9 Å². The smallest absolute Gasteiger partial charge is 0.339 e. The third-order valence-corrected chi connectivity index (χ3v) is 4.78. The summed E-state index contributed by atoms with van der Waals surface area (Å²) in [6.07, 6.45) is 1.92. The first-order chi connectivity index (χ1) is 14.3. The molecule has 156 valence electrons. The number of carbonyl (C=O) groups is 4. The van der Waals surface area contributed by atoms with Crippen molar-refractivity contribution in [2.45, 2.75) is 25.8 Å². The molecule has 0 heterocycles. The van der Waals surface area contributed by atoms with Crippen molar-refractivity contribution in [3.63, 3.8) is 0 Å². The Balaban J connectivity index is 1.61. The minimum atomic E-state index is -0.768. The largest absolute Gasteiger partial charge is 0.452 e. The van der Waals surface area contributed by atoms with Crippen LogP contribution in [-0.2, 0) is 14.3 Å². The Morgan fingerprint density at radius 1 is 1.00 bits per heavy atom. The van der Waals surface area contributed by atoms with E-state index in [-0.39, 0.29) is 35.4 Å². The van der Waals surface area contributed by atoms with E-state index in [1.165, 1.54) is 18.0 Å². The van der Waals surface area contributed by atoms with Crippen LogP contribution >= 0.6 is 0 Å². The molecule has 0 radical (unpaired) electrons. The van der Waals surface area contributed by atoms with Crippen LogP contribution in [0.1, 0.15) is 44.7 Å². The summed E-state index contributed by atoms with van der Waals surface area (Å²) in [5.41, 5.74) is 1.77. The molecule has 0 spiro atoms. The molecule has 0 atom stereocenters. The summed E-state index contributed by atoms with van der Waals surface area (Å²) < 4.78 is 5.12. The zero-order chi connectivity index (χ0) is 21.7. The lowest BCUT2D eigenvalue weighted by Gasteiger charge is -2.17. The number of likely N-dealkylation sites (N-methyl/N-ethyl adjacent to an activating group) is 1. The first-order valence-electron chi connectivity index (χ1n) is 9.76. The standard InChI is InChI=1S/C23H24N2O5/c1-15-7-9-16(10-8-15)22(28)18-5-3-4-6-19(18)23(29)30-14-21(27)25(2)13-20(26)24-17-11-12-17/h3-10,17H,11-14H2,1-2H3,(H,24,26). The maximum Gasteiger partial charge on any atom is 0.339 e. The van der Waals surface area contributed by atoms with Crippen LogP contribution in [0.3, 0.4) is 0 Å². The Morgan fingerprint density at radius 2 is 1.63 bits per heavy atom. The molecule has 1 aliphatic carbocycles. The van der Waals surface area contributed by atoms with Gasteiger partial charge in [0.2, 0.25) is 5.91 Å². The Morgan fingerprint density at radius 3 is 2.27 bits per heavy atom. The molecule has 1 aliphatic rings. The summed E-state index contributed by atoms with van der Waals surface area (Å²) in [5.74, 6) is -1.82. The van der Waals surface area contributed by atoms with Crippen LogP contribution in [0.4, 0.5) is 0 Å². The van der Waals surface area contributed by atoms with E-state index in [9.17, 15) is 19.2 Å². The minimum Gasteiger partial charge on any atom is -0.452 e. The second-order valence-electron chi connectivity index (χ2n) is 7.41. The zero-order valence-corrected chi connectivity index (χ0v) is 17.0. The molecule has 0 aromatic heterocycles. The van der Waals surface area contributed by atoms with Gasteiger partial charge in [-0.15, -0.1) is 0 Å². The maximum absolute atomic E-state index is 12.8. The number of ether oxygens (including phenoxy) is 1. The van der Waals surface area contributed by atoms with Gasteiger partial charge >= 0.3 is 5.97 Å². The van der Waals surface area contributed by atoms with Crippen LogP contribution < -0.4 is 5.32 Å². The maximum atomic E-state index is 12.8. The number of nitrogens with zero attached hydrogens (tertiary/aromatic N) is 1. The van der Waals surface area contributed by atoms with Gasteiger partial charge in [0.15, 0.2) is 12.4 Å². The number of ketones is 1. The summed E-state index contributed by atoms with van der Waals surface area (Å²) >= 11 is 0. The second-order valence-corrected chi connectivity index (χ2v) is 7.41. The van der Waals surface area contributed by atoms with Crippen molar-refractivity contribution in [1.29, 1.82) is 0 Å². The summed E-state index contributed by atoms with van der Waals surface area (Å²) in [4.78, 5) is 50.5. The van der Waals surface area contributed by atoms with Gasteiger partial charge in [0.1, 0.15) is 0 Å². The van der Waals surface area contributed by atoms with E-state index in [1.54, 1.807) is 30.3 Å². The Hall–Kier alpha value is -3.48. The van der Waals surface area contributed by atoms with E-state index in [2.05, 4.69) is 5.32 Å². The number of esters is 1. The number of carbonyl (C=O) groups excluding carboxylic acids is 4. The van der Waals surface area contributed by atoms with Gasteiger partial charge < -0.3 is 15.0 Å². The molecule has 7 heteroatoms. The van der Waals surface area contributed by atoms with Crippen LogP contribution in [0.15, 0.2) is 48.5 Å². The highest BCUT2D eigenvalue weighted by Gasteiger charge is 2.25. The van der Waals surface area contributed by atoms with E-state index < -0.39 is 18.5 Å². The van der Waals surface area contributed by atoms with Crippen LogP contribution in [0.2, 0.25) is 0 Å². The summed E-state index contributed by atoms with van der Waals surface area (Å²) in [6.45, 7) is 1.30. The molecular formula is C23H24N2O5. The normalized spacial score (nSPS) is 12.7. The first-order valence-corrected chi connectivity index (χ1v) is 9.76. The lowest BCUT2D eigenvalue weighted by atomic mass is 9.98. The van der Waals surface area contributed by atoms with Crippen molar-refractivity contribution in [2.75, 3.05) is 20.2 Å². The van der Waals surface area contributed by atoms with Crippen molar-refractivity contribution in [2.24, 2.45) is 0 Å². The molecule has 2 aromatic carbocycles. The molecule has 3 rings (SSSR count). The number of nitrogens with one attached hydrogen (secondary N) is 1. The number of hydrogen-bond acceptors (Lipinski definition) is 5. The van der Waals surface area contributed by atoms with Crippen LogP contribution in [0.25, 0.3) is 0 Å². The summed E-state index contributed by atoms with van der Waals surface area (Å²) in [5, 5.41) is 2.79. The number of benzene rings is 2. The molecule has 30 heavy (non-hydrogen) atoms. The first kappa shape index (κ1) is 21.2. The molecule has 0 aliphatic heterocycles. The lowest BCUT2D eigenvalue weighted by molar-refractivity contribution is -0.137. The highest BCUT2D eigenvalue weighted by molar-refractivity contribution is 6.14. The topological polar surface area (TPSA) is 92.8 Å². The molecule has 1 saturated carbocycles. The Kier molecular flexibility index (Phi) is 6.61. The van der Waals surface area contributed by atoms with Gasteiger partial charge in [-0.3, -0.25) is 14.4 Å². The average molecular weight is 408 g/mol. The molecule has 0 bridgehead atoms. The fourth-order valence-corrected chi connectivity index (χ4v) is 2.84. The summed E-state index contributed by atoms with van der Waals surface area (Å²) in [7, 11) is 1.47. The summed E-state index contributed by atoms with van der Waals surface area (Å²) in [6, 6.07) is 13.6. The molecule has 2 aromatic rings. The van der Waals surface area contributed by atoms with E-state index in [0.29, 0.717) is 5.56 Å². The van der Waals surface area contributed by atoms with Crippen molar-refractivity contribution >= 4 is 23.6 Å². The third-order valence-electron chi connectivity index (χ3n) is 4.78. The van der Waals surface area contributed by atoms with Crippen molar-refractivity contribution in [3.05, 3.63) is 70.8 Å².